The molecule has 3 aromatic carbocycles. The predicted molar refractivity (Wildman–Crippen MR) is 152 cm³/mol. The molecule has 3 unspecified atom stereocenters. The number of hydrogen-bond acceptors (Lipinski definition) is 5. The minimum absolute atomic E-state index is 0.0850. The summed E-state index contributed by atoms with van der Waals surface area (Å²) in [6, 6.07) is 23.3. The molecule has 0 radical (unpaired) electrons. The smallest absolute Gasteiger partial charge is 0.407 e. The Morgan fingerprint density at radius 1 is 0.875 bits per heavy atom. The maximum Gasteiger partial charge on any atom is 0.407 e. The van der Waals surface area contributed by atoms with Crippen LogP contribution in [0.5, 0.6) is 0 Å². The molecule has 4 rings (SSSR count). The first-order chi connectivity index (χ1) is 19.4. The maximum absolute atomic E-state index is 13.3. The predicted octanol–water partition coefficient (Wildman–Crippen LogP) is 5.26. The van der Waals surface area contributed by atoms with Crippen LogP contribution in [0.15, 0.2) is 78.9 Å². The van der Waals surface area contributed by atoms with E-state index in [2.05, 4.69) is 22.8 Å². The monoisotopic (exact) mass is 544 g/mol. The second kappa shape index (κ2) is 13.8. The standard InChI is InChI=1S/C32H36N2O6/c1-3-4-18-28(31(36)37)33-30(35)29(21(2)39-19-22-12-6-5-7-13-22)34-32(38)40-20-27-25-16-10-8-14-23(25)24-15-9-11-17-26(24)27/h5-17,21,27-29H,3-4,18-20H2,1-2H3,(H,33,35)(H,34,38)(H,36,37). The average molecular weight is 545 g/mol. The third-order valence-electron chi connectivity index (χ3n) is 7.19. The van der Waals surface area contributed by atoms with Crippen LogP contribution in [-0.4, -0.2) is 47.9 Å². The normalized spacial score (nSPS) is 14.3. The van der Waals surface area contributed by atoms with Crippen LogP contribution in [0.25, 0.3) is 11.1 Å². The van der Waals surface area contributed by atoms with E-state index in [0.717, 1.165) is 34.2 Å². The third-order valence-corrected chi connectivity index (χ3v) is 7.19. The highest BCUT2D eigenvalue weighted by Gasteiger charge is 2.33. The quantitative estimate of drug-likeness (QED) is 0.271. The van der Waals surface area contributed by atoms with Crippen molar-refractivity contribution in [2.24, 2.45) is 0 Å². The maximum atomic E-state index is 13.3. The van der Waals surface area contributed by atoms with Gasteiger partial charge in [-0.05, 0) is 41.2 Å². The molecule has 1 aliphatic rings. The Morgan fingerprint density at radius 2 is 1.48 bits per heavy atom. The van der Waals surface area contributed by atoms with E-state index >= 15 is 0 Å². The molecule has 0 saturated carbocycles. The molecule has 0 bridgehead atoms. The molecular formula is C32H36N2O6. The summed E-state index contributed by atoms with van der Waals surface area (Å²) >= 11 is 0. The Morgan fingerprint density at radius 3 is 2.08 bits per heavy atom. The van der Waals surface area contributed by atoms with Gasteiger partial charge in [-0.25, -0.2) is 9.59 Å². The number of aliphatic carboxylic acids is 1. The molecule has 2 amide bonds. The second-order valence-electron chi connectivity index (χ2n) is 9.99. The lowest BCUT2D eigenvalue weighted by Crippen LogP contribution is -2.56. The van der Waals surface area contributed by atoms with Crippen LogP contribution in [0.3, 0.4) is 0 Å². The summed E-state index contributed by atoms with van der Waals surface area (Å²) in [7, 11) is 0. The number of carboxylic acids is 1. The lowest BCUT2D eigenvalue weighted by atomic mass is 9.98. The van der Waals surface area contributed by atoms with Crippen LogP contribution >= 0.6 is 0 Å². The molecule has 0 spiro atoms. The fourth-order valence-electron chi connectivity index (χ4n) is 4.99. The Kier molecular flexibility index (Phi) is 9.91. The Labute approximate surface area is 234 Å². The van der Waals surface area contributed by atoms with E-state index in [-0.39, 0.29) is 25.6 Å². The number of carbonyl (C=O) groups is 3. The average Bonchev–Trinajstić information content (AvgIpc) is 3.29. The van der Waals surface area contributed by atoms with Crippen LogP contribution in [0, 0.1) is 0 Å². The van der Waals surface area contributed by atoms with Crippen molar-refractivity contribution in [2.75, 3.05) is 6.61 Å². The number of nitrogens with one attached hydrogen (secondary N) is 2. The van der Waals surface area contributed by atoms with E-state index in [4.69, 9.17) is 9.47 Å². The van der Waals surface area contributed by atoms with Crippen LogP contribution in [-0.2, 0) is 25.7 Å². The lowest BCUT2D eigenvalue weighted by Gasteiger charge is -2.26. The molecule has 0 fully saturated rings. The van der Waals surface area contributed by atoms with Gasteiger partial charge in [0.15, 0.2) is 0 Å². The van der Waals surface area contributed by atoms with Gasteiger partial charge in [-0.1, -0.05) is 98.6 Å². The zero-order valence-corrected chi connectivity index (χ0v) is 22.8. The van der Waals surface area contributed by atoms with Crippen molar-refractivity contribution >= 4 is 18.0 Å². The first kappa shape index (κ1) is 28.8. The van der Waals surface area contributed by atoms with Gasteiger partial charge in [-0.2, -0.15) is 0 Å². The van der Waals surface area contributed by atoms with Crippen molar-refractivity contribution in [3.8, 4) is 11.1 Å². The minimum Gasteiger partial charge on any atom is -0.480 e. The van der Waals surface area contributed by atoms with Gasteiger partial charge in [0, 0.05) is 5.92 Å². The van der Waals surface area contributed by atoms with Gasteiger partial charge in [-0.3, -0.25) is 4.79 Å². The third kappa shape index (κ3) is 7.07. The summed E-state index contributed by atoms with van der Waals surface area (Å²) in [4.78, 5) is 38.1. The molecule has 8 nitrogen and oxygen atoms in total. The van der Waals surface area contributed by atoms with E-state index in [1.54, 1.807) is 6.92 Å². The molecule has 1 aliphatic carbocycles. The summed E-state index contributed by atoms with van der Waals surface area (Å²) in [5.41, 5.74) is 5.27. The fourth-order valence-corrected chi connectivity index (χ4v) is 4.99. The van der Waals surface area contributed by atoms with Crippen molar-refractivity contribution in [3.63, 3.8) is 0 Å². The number of carbonyl (C=O) groups excluding carboxylic acids is 2. The van der Waals surface area contributed by atoms with Gasteiger partial charge in [0.25, 0.3) is 0 Å². The number of benzene rings is 3. The van der Waals surface area contributed by atoms with Gasteiger partial charge >= 0.3 is 12.1 Å². The summed E-state index contributed by atoms with van der Waals surface area (Å²) < 4.78 is 11.6. The number of hydrogen-bond donors (Lipinski definition) is 3. The molecule has 0 aromatic heterocycles. The van der Waals surface area contributed by atoms with E-state index < -0.39 is 36.2 Å². The first-order valence-electron chi connectivity index (χ1n) is 13.7. The van der Waals surface area contributed by atoms with Crippen molar-refractivity contribution in [2.45, 2.75) is 63.8 Å². The molecule has 8 heteroatoms. The van der Waals surface area contributed by atoms with Crippen LogP contribution < -0.4 is 10.6 Å². The highest BCUT2D eigenvalue weighted by molar-refractivity contribution is 5.89. The van der Waals surface area contributed by atoms with Crippen LogP contribution in [0.4, 0.5) is 4.79 Å². The fraction of sp³-hybridized carbons (Fsp3) is 0.344. The van der Waals surface area contributed by atoms with Crippen molar-refractivity contribution in [1.29, 1.82) is 0 Å². The summed E-state index contributed by atoms with van der Waals surface area (Å²) in [6.45, 7) is 3.92. The SMILES string of the molecule is CCCCC(NC(=O)C(NC(=O)OCC1c2ccccc2-c2ccccc21)C(C)OCc1ccccc1)C(=O)O. The number of unbranched alkanes of at least 4 members (excludes halogenated alkanes) is 1. The Hall–Kier alpha value is -4.17. The van der Waals surface area contributed by atoms with Gasteiger partial charge in [-0.15, -0.1) is 0 Å². The van der Waals surface area contributed by atoms with Crippen molar-refractivity contribution < 1.29 is 29.0 Å². The number of amides is 2. The minimum atomic E-state index is -1.16. The topological polar surface area (TPSA) is 114 Å². The number of alkyl carbamates (subject to hydrolysis) is 1. The van der Waals surface area contributed by atoms with Crippen molar-refractivity contribution in [3.05, 3.63) is 95.6 Å². The Balaban J connectivity index is 1.45. The van der Waals surface area contributed by atoms with E-state index in [0.29, 0.717) is 6.42 Å². The highest BCUT2D eigenvalue weighted by Crippen LogP contribution is 2.44. The molecule has 3 aromatic rings. The molecular weight excluding hydrogens is 508 g/mol. The van der Waals surface area contributed by atoms with Gasteiger partial charge in [0.2, 0.25) is 5.91 Å². The molecule has 3 N–H and O–H groups in total. The number of fused-ring (bicyclic) bond motifs is 3. The molecule has 0 aliphatic heterocycles. The van der Waals surface area contributed by atoms with Crippen molar-refractivity contribution in [1.82, 2.24) is 10.6 Å². The first-order valence-corrected chi connectivity index (χ1v) is 13.7. The van der Waals surface area contributed by atoms with Crippen LogP contribution in [0.2, 0.25) is 0 Å². The Bertz CT molecular complexity index is 1270. The number of ether oxygens (including phenoxy) is 2. The number of carboxylic acid groups (broad SMARTS) is 1. The largest absolute Gasteiger partial charge is 0.480 e. The number of rotatable bonds is 13. The van der Waals surface area contributed by atoms with Gasteiger partial charge in [0.1, 0.15) is 18.7 Å². The summed E-state index contributed by atoms with van der Waals surface area (Å²) in [5, 5.41) is 14.8. The van der Waals surface area contributed by atoms with Crippen LogP contribution in [0.1, 0.15) is 55.7 Å². The van der Waals surface area contributed by atoms with Gasteiger partial charge < -0.3 is 25.2 Å². The lowest BCUT2D eigenvalue weighted by molar-refractivity contribution is -0.143. The molecule has 0 saturated heterocycles. The molecule has 0 heterocycles. The highest BCUT2D eigenvalue weighted by atomic mass is 16.5. The molecule has 40 heavy (non-hydrogen) atoms. The zero-order chi connectivity index (χ0) is 28.5. The van der Waals surface area contributed by atoms with Gasteiger partial charge in [0.05, 0.1) is 12.7 Å². The summed E-state index contributed by atoms with van der Waals surface area (Å²) in [5.74, 6) is -1.90. The van der Waals surface area contributed by atoms with E-state index in [1.807, 2.05) is 73.7 Å². The molecule has 210 valence electrons. The van der Waals surface area contributed by atoms with E-state index in [9.17, 15) is 19.5 Å². The second-order valence-corrected chi connectivity index (χ2v) is 9.99. The van der Waals surface area contributed by atoms with E-state index in [1.165, 1.54) is 0 Å². The summed E-state index contributed by atoms with van der Waals surface area (Å²) in [6.07, 6.45) is 0.174. The molecule has 3 atom stereocenters. The zero-order valence-electron chi connectivity index (χ0n) is 22.8.